The minimum Gasteiger partial charge on any atom is -0.497 e. The van der Waals surface area contributed by atoms with Crippen LogP contribution < -0.4 is 10.5 Å². The van der Waals surface area contributed by atoms with Gasteiger partial charge in [-0.25, -0.2) is 0 Å². The zero-order chi connectivity index (χ0) is 13.8. The Kier molecular flexibility index (Phi) is 4.98. The molecule has 0 fully saturated rings. The van der Waals surface area contributed by atoms with Gasteiger partial charge in [0.1, 0.15) is 12.4 Å². The molecular formula is C12H16F3NO2. The predicted molar refractivity (Wildman–Crippen MR) is 61.4 cm³/mol. The van der Waals surface area contributed by atoms with Crippen LogP contribution >= 0.6 is 0 Å². The highest BCUT2D eigenvalue weighted by Gasteiger charge is 2.30. The van der Waals surface area contributed by atoms with Gasteiger partial charge < -0.3 is 15.2 Å². The Balaban J connectivity index is 2.77. The highest BCUT2D eigenvalue weighted by atomic mass is 19.4. The van der Waals surface area contributed by atoms with Gasteiger partial charge in [-0.1, -0.05) is 12.1 Å². The van der Waals surface area contributed by atoms with Crippen LogP contribution in [0.3, 0.4) is 0 Å². The first-order valence-electron chi connectivity index (χ1n) is 5.41. The van der Waals surface area contributed by atoms with E-state index in [2.05, 4.69) is 0 Å². The maximum atomic E-state index is 12.1. The van der Waals surface area contributed by atoms with Gasteiger partial charge in [0.05, 0.1) is 13.2 Å². The largest absolute Gasteiger partial charge is 0.497 e. The van der Waals surface area contributed by atoms with Crippen molar-refractivity contribution in [1.29, 1.82) is 0 Å². The summed E-state index contributed by atoms with van der Waals surface area (Å²) in [6.07, 6.45) is -5.16. The summed E-state index contributed by atoms with van der Waals surface area (Å²) in [4.78, 5) is 0. The molecule has 2 N–H and O–H groups in total. The van der Waals surface area contributed by atoms with Crippen LogP contribution in [0.4, 0.5) is 13.2 Å². The maximum Gasteiger partial charge on any atom is 0.411 e. The molecule has 0 aliphatic carbocycles. The van der Waals surface area contributed by atoms with Crippen LogP contribution in [0, 0.1) is 0 Å². The van der Waals surface area contributed by atoms with Crippen molar-refractivity contribution < 1.29 is 22.6 Å². The molecule has 1 aromatic carbocycles. The van der Waals surface area contributed by atoms with Crippen molar-refractivity contribution >= 4 is 0 Å². The first-order chi connectivity index (χ1) is 8.33. The van der Waals surface area contributed by atoms with Crippen molar-refractivity contribution in [3.05, 3.63) is 29.8 Å². The van der Waals surface area contributed by atoms with E-state index in [-0.39, 0.29) is 0 Å². The monoisotopic (exact) mass is 263 g/mol. The summed E-state index contributed by atoms with van der Waals surface area (Å²) in [5.41, 5.74) is 6.24. The van der Waals surface area contributed by atoms with Crippen LogP contribution in [0.15, 0.2) is 24.3 Å². The van der Waals surface area contributed by atoms with E-state index in [1.807, 2.05) is 0 Å². The van der Waals surface area contributed by atoms with Crippen molar-refractivity contribution in [3.63, 3.8) is 0 Å². The van der Waals surface area contributed by atoms with Gasteiger partial charge in [0.15, 0.2) is 0 Å². The summed E-state index contributed by atoms with van der Waals surface area (Å²) in [5.74, 6) is 0.623. The molecule has 0 aromatic heterocycles. The van der Waals surface area contributed by atoms with Gasteiger partial charge in [-0.3, -0.25) is 0 Å². The molecule has 0 amide bonds. The van der Waals surface area contributed by atoms with Gasteiger partial charge in [0.2, 0.25) is 0 Å². The fourth-order valence-corrected chi connectivity index (χ4v) is 1.53. The molecule has 18 heavy (non-hydrogen) atoms. The average molecular weight is 263 g/mol. The molecule has 0 radical (unpaired) electrons. The number of ether oxygens (including phenoxy) is 2. The fourth-order valence-electron chi connectivity index (χ4n) is 1.53. The van der Waals surface area contributed by atoms with Crippen molar-refractivity contribution in [1.82, 2.24) is 0 Å². The molecule has 1 rings (SSSR count). The molecule has 0 spiro atoms. The second kappa shape index (κ2) is 6.06. The van der Waals surface area contributed by atoms with Crippen molar-refractivity contribution in [2.45, 2.75) is 25.2 Å². The number of hydrogen-bond donors (Lipinski definition) is 1. The van der Waals surface area contributed by atoms with Gasteiger partial charge >= 0.3 is 6.18 Å². The number of hydrogen-bond acceptors (Lipinski definition) is 3. The van der Waals surface area contributed by atoms with E-state index in [0.717, 1.165) is 0 Å². The Morgan fingerprint density at radius 3 is 2.17 bits per heavy atom. The Morgan fingerprint density at radius 1 is 1.22 bits per heavy atom. The molecule has 2 unspecified atom stereocenters. The summed E-state index contributed by atoms with van der Waals surface area (Å²) in [5, 5.41) is 0. The first-order valence-corrected chi connectivity index (χ1v) is 5.41. The van der Waals surface area contributed by atoms with E-state index >= 15 is 0 Å². The summed E-state index contributed by atoms with van der Waals surface area (Å²) in [6.45, 7) is 0.288. The Hall–Kier alpha value is -1.27. The normalized spacial score (nSPS) is 15.2. The number of alkyl halides is 3. The molecule has 1 aromatic rings. The minimum atomic E-state index is -4.36. The predicted octanol–water partition coefficient (Wildman–Crippen LogP) is 2.66. The van der Waals surface area contributed by atoms with E-state index < -0.39 is 24.9 Å². The smallest absolute Gasteiger partial charge is 0.411 e. The van der Waals surface area contributed by atoms with Crippen molar-refractivity contribution in [2.24, 2.45) is 5.73 Å². The molecule has 0 aliphatic heterocycles. The van der Waals surface area contributed by atoms with Crippen molar-refractivity contribution in [3.8, 4) is 5.75 Å². The van der Waals surface area contributed by atoms with Crippen molar-refractivity contribution in [2.75, 3.05) is 13.7 Å². The number of halogens is 3. The lowest BCUT2D eigenvalue weighted by Crippen LogP contribution is -2.30. The zero-order valence-electron chi connectivity index (χ0n) is 10.2. The Morgan fingerprint density at radius 2 is 1.78 bits per heavy atom. The molecule has 0 saturated carbocycles. The van der Waals surface area contributed by atoms with Gasteiger partial charge in [0.25, 0.3) is 0 Å². The van der Waals surface area contributed by atoms with Crippen LogP contribution in [0.2, 0.25) is 0 Å². The fraction of sp³-hybridized carbons (Fsp3) is 0.500. The second-order valence-corrected chi connectivity index (χ2v) is 3.98. The summed E-state index contributed by atoms with van der Waals surface area (Å²) < 4.78 is 46.2. The van der Waals surface area contributed by atoms with Crippen LogP contribution in [0.25, 0.3) is 0 Å². The van der Waals surface area contributed by atoms with Gasteiger partial charge in [-0.2, -0.15) is 13.2 Å². The quantitative estimate of drug-likeness (QED) is 0.888. The number of benzene rings is 1. The van der Waals surface area contributed by atoms with Gasteiger partial charge in [0, 0.05) is 6.04 Å². The van der Waals surface area contributed by atoms with Gasteiger partial charge in [-0.15, -0.1) is 0 Å². The Bertz CT molecular complexity index is 363. The Labute approximate surface area is 104 Å². The second-order valence-electron chi connectivity index (χ2n) is 3.98. The minimum absolute atomic E-state index is 0.541. The molecule has 2 atom stereocenters. The third-order valence-corrected chi connectivity index (χ3v) is 2.35. The number of methoxy groups -OCH3 is 1. The highest BCUT2D eigenvalue weighted by Crippen LogP contribution is 2.26. The standard InChI is InChI=1S/C12H16F3NO2/c1-8(16)11(18-7-12(13,14)15)9-3-5-10(17-2)6-4-9/h3-6,8,11H,7,16H2,1-2H3. The van der Waals surface area contributed by atoms with E-state index in [0.29, 0.717) is 11.3 Å². The molecule has 3 nitrogen and oxygen atoms in total. The van der Waals surface area contributed by atoms with Gasteiger partial charge in [-0.05, 0) is 24.6 Å². The molecule has 0 heterocycles. The van der Waals surface area contributed by atoms with Crippen LogP contribution in [-0.4, -0.2) is 25.9 Å². The van der Waals surface area contributed by atoms with Crippen LogP contribution in [0.5, 0.6) is 5.75 Å². The van der Waals surface area contributed by atoms with E-state index in [4.69, 9.17) is 15.2 Å². The summed E-state index contributed by atoms with van der Waals surface area (Å²) in [7, 11) is 1.51. The molecule has 6 heteroatoms. The first kappa shape index (κ1) is 14.8. The molecule has 0 bridgehead atoms. The summed E-state index contributed by atoms with van der Waals surface area (Å²) >= 11 is 0. The lowest BCUT2D eigenvalue weighted by molar-refractivity contribution is -0.187. The van der Waals surface area contributed by atoms with E-state index in [9.17, 15) is 13.2 Å². The van der Waals surface area contributed by atoms with E-state index in [1.165, 1.54) is 7.11 Å². The average Bonchev–Trinajstić information content (AvgIpc) is 2.28. The third kappa shape index (κ3) is 4.54. The molecule has 0 saturated heterocycles. The number of nitrogens with two attached hydrogens (primary N) is 1. The molecular weight excluding hydrogens is 247 g/mol. The molecule has 0 aliphatic rings. The van der Waals surface area contributed by atoms with E-state index in [1.54, 1.807) is 31.2 Å². The zero-order valence-corrected chi connectivity index (χ0v) is 10.2. The highest BCUT2D eigenvalue weighted by molar-refractivity contribution is 5.29. The third-order valence-electron chi connectivity index (χ3n) is 2.35. The summed E-state index contributed by atoms with van der Waals surface area (Å²) in [6, 6.07) is 6.05. The van der Waals surface area contributed by atoms with Crippen LogP contribution in [-0.2, 0) is 4.74 Å². The molecule has 102 valence electrons. The lowest BCUT2D eigenvalue weighted by atomic mass is 10.0. The maximum absolute atomic E-state index is 12.1. The topological polar surface area (TPSA) is 44.5 Å². The number of rotatable bonds is 5. The lowest BCUT2D eigenvalue weighted by Gasteiger charge is -2.22. The SMILES string of the molecule is COc1ccc(C(OCC(F)(F)F)C(C)N)cc1. The van der Waals surface area contributed by atoms with Crippen LogP contribution in [0.1, 0.15) is 18.6 Å².